The van der Waals surface area contributed by atoms with Crippen LogP contribution in [0.5, 0.6) is 0 Å². The molecule has 0 unspecified atom stereocenters. The molecule has 0 aliphatic rings. The van der Waals surface area contributed by atoms with Crippen molar-refractivity contribution in [3.63, 3.8) is 0 Å². The van der Waals surface area contributed by atoms with E-state index in [1.807, 2.05) is 30.5 Å². The van der Waals surface area contributed by atoms with Gasteiger partial charge in [0.1, 0.15) is 0 Å². The Hall–Kier alpha value is -2.59. The van der Waals surface area contributed by atoms with Crippen LogP contribution in [-0.2, 0) is 6.54 Å². The number of hydroxylamine groups is 1. The molecule has 4 nitrogen and oxygen atoms in total. The SMILES string of the molecule is Cc1ccccc1Cn1ccc2ccc(C(=O)NO)cc21. The average molecular weight is 280 g/mol. The Morgan fingerprint density at radius 1 is 1.19 bits per heavy atom. The Labute approximate surface area is 122 Å². The van der Waals surface area contributed by atoms with Gasteiger partial charge >= 0.3 is 0 Å². The van der Waals surface area contributed by atoms with Crippen LogP contribution < -0.4 is 5.48 Å². The molecule has 4 heteroatoms. The number of rotatable bonds is 3. The van der Waals surface area contributed by atoms with Crippen molar-refractivity contribution in [1.82, 2.24) is 10.0 Å². The zero-order valence-corrected chi connectivity index (χ0v) is 11.7. The van der Waals surface area contributed by atoms with Gasteiger partial charge in [-0.3, -0.25) is 10.0 Å². The third-order valence-electron chi connectivity index (χ3n) is 3.74. The van der Waals surface area contributed by atoms with E-state index < -0.39 is 5.91 Å². The highest BCUT2D eigenvalue weighted by Crippen LogP contribution is 2.20. The minimum absolute atomic E-state index is 0.440. The van der Waals surface area contributed by atoms with E-state index in [1.165, 1.54) is 11.1 Å². The maximum absolute atomic E-state index is 11.5. The number of benzene rings is 2. The second-order valence-corrected chi connectivity index (χ2v) is 5.08. The minimum Gasteiger partial charge on any atom is -0.343 e. The summed E-state index contributed by atoms with van der Waals surface area (Å²) >= 11 is 0. The van der Waals surface area contributed by atoms with Gasteiger partial charge in [-0.1, -0.05) is 30.3 Å². The zero-order chi connectivity index (χ0) is 14.8. The quantitative estimate of drug-likeness (QED) is 0.572. The summed E-state index contributed by atoms with van der Waals surface area (Å²) in [5.41, 5.74) is 5.56. The monoisotopic (exact) mass is 280 g/mol. The molecule has 1 amide bonds. The number of amides is 1. The number of aromatic nitrogens is 1. The lowest BCUT2D eigenvalue weighted by atomic mass is 10.1. The number of carbonyl (C=O) groups is 1. The zero-order valence-electron chi connectivity index (χ0n) is 11.7. The van der Waals surface area contributed by atoms with E-state index in [2.05, 4.69) is 23.6 Å². The maximum Gasteiger partial charge on any atom is 0.274 e. The Balaban J connectivity index is 2.03. The number of hydrogen-bond acceptors (Lipinski definition) is 2. The second-order valence-electron chi connectivity index (χ2n) is 5.08. The summed E-state index contributed by atoms with van der Waals surface area (Å²) in [7, 11) is 0. The van der Waals surface area contributed by atoms with Crippen LogP contribution >= 0.6 is 0 Å². The topological polar surface area (TPSA) is 54.3 Å². The number of nitrogens with zero attached hydrogens (tertiary/aromatic N) is 1. The molecule has 0 aliphatic carbocycles. The summed E-state index contributed by atoms with van der Waals surface area (Å²) in [6.45, 7) is 2.84. The Morgan fingerprint density at radius 3 is 2.76 bits per heavy atom. The Bertz CT molecular complexity index is 805. The van der Waals surface area contributed by atoms with Crippen molar-refractivity contribution < 1.29 is 10.0 Å². The Morgan fingerprint density at radius 2 is 2.00 bits per heavy atom. The molecule has 3 rings (SSSR count). The van der Waals surface area contributed by atoms with E-state index in [9.17, 15) is 4.79 Å². The predicted molar refractivity (Wildman–Crippen MR) is 81.5 cm³/mol. The minimum atomic E-state index is -0.499. The van der Waals surface area contributed by atoms with Gasteiger partial charge in [0.15, 0.2) is 0 Å². The molecule has 0 atom stereocenters. The van der Waals surface area contributed by atoms with Crippen molar-refractivity contribution in [2.24, 2.45) is 0 Å². The molecule has 0 saturated carbocycles. The first kappa shape index (κ1) is 13.4. The van der Waals surface area contributed by atoms with Gasteiger partial charge in [-0.25, -0.2) is 5.48 Å². The number of carbonyl (C=O) groups excluding carboxylic acids is 1. The van der Waals surface area contributed by atoms with E-state index in [0.29, 0.717) is 5.56 Å². The van der Waals surface area contributed by atoms with Gasteiger partial charge in [-0.05, 0) is 41.6 Å². The lowest BCUT2D eigenvalue weighted by Gasteiger charge is -2.09. The highest BCUT2D eigenvalue weighted by molar-refractivity contribution is 5.97. The van der Waals surface area contributed by atoms with Crippen molar-refractivity contribution in [3.05, 3.63) is 71.4 Å². The molecular weight excluding hydrogens is 264 g/mol. The second kappa shape index (κ2) is 5.42. The first-order valence-electron chi connectivity index (χ1n) is 6.77. The number of hydrogen-bond donors (Lipinski definition) is 2. The molecule has 2 N–H and O–H groups in total. The predicted octanol–water partition coefficient (Wildman–Crippen LogP) is 3.12. The van der Waals surface area contributed by atoms with Crippen LogP contribution in [0.2, 0.25) is 0 Å². The molecule has 0 aliphatic heterocycles. The molecule has 0 saturated heterocycles. The van der Waals surface area contributed by atoms with Crippen LogP contribution in [0.1, 0.15) is 21.5 Å². The fraction of sp³-hybridized carbons (Fsp3) is 0.118. The van der Waals surface area contributed by atoms with Crippen LogP contribution in [0.25, 0.3) is 10.9 Å². The van der Waals surface area contributed by atoms with Crippen molar-refractivity contribution in [1.29, 1.82) is 0 Å². The van der Waals surface area contributed by atoms with E-state index >= 15 is 0 Å². The van der Waals surface area contributed by atoms with Gasteiger partial charge in [-0.15, -0.1) is 0 Å². The lowest BCUT2D eigenvalue weighted by molar-refractivity contribution is 0.0706. The van der Waals surface area contributed by atoms with Crippen molar-refractivity contribution in [2.45, 2.75) is 13.5 Å². The molecule has 1 aromatic heterocycles. The van der Waals surface area contributed by atoms with Gasteiger partial charge in [0.2, 0.25) is 0 Å². The lowest BCUT2D eigenvalue weighted by Crippen LogP contribution is -2.18. The maximum atomic E-state index is 11.5. The molecule has 0 spiro atoms. The van der Waals surface area contributed by atoms with Gasteiger partial charge in [-0.2, -0.15) is 0 Å². The van der Waals surface area contributed by atoms with Crippen LogP contribution in [-0.4, -0.2) is 15.7 Å². The van der Waals surface area contributed by atoms with Gasteiger partial charge in [0.05, 0.1) is 0 Å². The molecule has 21 heavy (non-hydrogen) atoms. The summed E-state index contributed by atoms with van der Waals surface area (Å²) in [5.74, 6) is -0.499. The number of nitrogens with one attached hydrogen (secondary N) is 1. The van der Waals surface area contributed by atoms with Crippen LogP contribution in [0, 0.1) is 6.92 Å². The average Bonchev–Trinajstić information content (AvgIpc) is 2.91. The molecule has 3 aromatic rings. The first-order chi connectivity index (χ1) is 10.2. The Kier molecular flexibility index (Phi) is 3.46. The third kappa shape index (κ3) is 2.53. The van der Waals surface area contributed by atoms with E-state index in [4.69, 9.17) is 5.21 Å². The molecule has 106 valence electrons. The summed E-state index contributed by atoms with van der Waals surface area (Å²) in [6, 6.07) is 15.6. The smallest absolute Gasteiger partial charge is 0.274 e. The summed E-state index contributed by atoms with van der Waals surface area (Å²) in [4.78, 5) is 11.5. The summed E-state index contributed by atoms with van der Waals surface area (Å²) in [6.07, 6.45) is 2.01. The summed E-state index contributed by atoms with van der Waals surface area (Å²) < 4.78 is 2.10. The van der Waals surface area contributed by atoms with E-state index in [1.54, 1.807) is 17.6 Å². The van der Waals surface area contributed by atoms with E-state index in [-0.39, 0.29) is 0 Å². The highest BCUT2D eigenvalue weighted by atomic mass is 16.5. The third-order valence-corrected chi connectivity index (χ3v) is 3.74. The van der Waals surface area contributed by atoms with Crippen molar-refractivity contribution >= 4 is 16.8 Å². The van der Waals surface area contributed by atoms with Crippen molar-refractivity contribution in [3.8, 4) is 0 Å². The molecular formula is C17H16N2O2. The van der Waals surface area contributed by atoms with E-state index in [0.717, 1.165) is 17.4 Å². The molecule has 0 bridgehead atoms. The van der Waals surface area contributed by atoms with Gasteiger partial charge in [0, 0.05) is 23.8 Å². The van der Waals surface area contributed by atoms with Crippen LogP contribution in [0.4, 0.5) is 0 Å². The number of aryl methyl sites for hydroxylation is 1. The van der Waals surface area contributed by atoms with Crippen LogP contribution in [0.3, 0.4) is 0 Å². The first-order valence-corrected chi connectivity index (χ1v) is 6.77. The molecule has 2 aromatic carbocycles. The fourth-order valence-corrected chi connectivity index (χ4v) is 2.50. The molecule has 0 fully saturated rings. The molecule has 0 radical (unpaired) electrons. The molecule has 1 heterocycles. The summed E-state index contributed by atoms with van der Waals surface area (Å²) in [5, 5.41) is 9.81. The number of fused-ring (bicyclic) bond motifs is 1. The van der Waals surface area contributed by atoms with Crippen LogP contribution in [0.15, 0.2) is 54.7 Å². The normalized spacial score (nSPS) is 10.8. The van der Waals surface area contributed by atoms with Gasteiger partial charge < -0.3 is 4.57 Å². The highest BCUT2D eigenvalue weighted by Gasteiger charge is 2.08. The van der Waals surface area contributed by atoms with Gasteiger partial charge in [0.25, 0.3) is 5.91 Å². The standard InChI is InChI=1S/C17H16N2O2/c1-12-4-2-3-5-15(12)11-19-9-8-13-6-7-14(10-16(13)19)17(20)18-21/h2-10,21H,11H2,1H3,(H,18,20). The largest absolute Gasteiger partial charge is 0.343 e. The van der Waals surface area contributed by atoms with Crippen molar-refractivity contribution in [2.75, 3.05) is 0 Å². The fourth-order valence-electron chi connectivity index (χ4n) is 2.50.